The number of guanidine groups is 1. The quantitative estimate of drug-likeness (QED) is 0.332. The third-order valence-electron chi connectivity index (χ3n) is 3.53. The molecule has 0 amide bonds. The van der Waals surface area contributed by atoms with E-state index in [0.29, 0.717) is 12.5 Å². The van der Waals surface area contributed by atoms with Crippen molar-refractivity contribution in [2.45, 2.75) is 47.0 Å². The zero-order chi connectivity index (χ0) is 16.9. The van der Waals surface area contributed by atoms with Crippen molar-refractivity contribution in [1.29, 1.82) is 0 Å². The molecule has 6 heteroatoms. The van der Waals surface area contributed by atoms with Crippen molar-refractivity contribution in [3.05, 3.63) is 17.5 Å². The second-order valence-corrected chi connectivity index (χ2v) is 6.11. The molecule has 0 bridgehead atoms. The van der Waals surface area contributed by atoms with Gasteiger partial charge in [-0.15, -0.1) is 0 Å². The molecule has 0 saturated heterocycles. The van der Waals surface area contributed by atoms with Gasteiger partial charge < -0.3 is 15.4 Å². The molecule has 0 aliphatic heterocycles. The normalized spacial score (nSPS) is 12.0. The summed E-state index contributed by atoms with van der Waals surface area (Å²) < 4.78 is 5.61. The van der Waals surface area contributed by atoms with Crippen LogP contribution in [0, 0.1) is 12.8 Å². The number of aromatic nitrogens is 2. The SMILES string of the molecule is CCNC(=NCCCc1cn[nH]c1C)NCCOCCC(C)C. The molecular formula is C17H33N5O. The number of rotatable bonds is 11. The van der Waals surface area contributed by atoms with Gasteiger partial charge in [0.25, 0.3) is 0 Å². The van der Waals surface area contributed by atoms with E-state index in [1.807, 2.05) is 6.20 Å². The van der Waals surface area contributed by atoms with Crippen LogP contribution in [0.3, 0.4) is 0 Å². The van der Waals surface area contributed by atoms with E-state index in [9.17, 15) is 0 Å². The summed E-state index contributed by atoms with van der Waals surface area (Å²) >= 11 is 0. The van der Waals surface area contributed by atoms with Crippen LogP contribution in [0.1, 0.15) is 44.9 Å². The maximum Gasteiger partial charge on any atom is 0.191 e. The Kier molecular flexibility index (Phi) is 10.1. The topological polar surface area (TPSA) is 74.3 Å². The molecule has 23 heavy (non-hydrogen) atoms. The molecular weight excluding hydrogens is 290 g/mol. The van der Waals surface area contributed by atoms with Crippen LogP contribution in [0.25, 0.3) is 0 Å². The van der Waals surface area contributed by atoms with E-state index in [-0.39, 0.29) is 0 Å². The zero-order valence-corrected chi connectivity index (χ0v) is 15.1. The minimum atomic E-state index is 0.695. The molecule has 1 rings (SSSR count). The number of H-pyrrole nitrogens is 1. The third kappa shape index (κ3) is 9.23. The molecule has 0 aliphatic rings. The molecule has 0 aliphatic carbocycles. The number of aromatic amines is 1. The van der Waals surface area contributed by atoms with Crippen molar-refractivity contribution in [1.82, 2.24) is 20.8 Å². The first-order chi connectivity index (χ1) is 11.1. The van der Waals surface area contributed by atoms with Crippen LogP contribution in [-0.4, -0.2) is 49.0 Å². The highest BCUT2D eigenvalue weighted by Gasteiger charge is 2.01. The number of hydrogen-bond donors (Lipinski definition) is 3. The molecule has 0 spiro atoms. The van der Waals surface area contributed by atoms with Gasteiger partial charge in [0.2, 0.25) is 0 Å². The number of aryl methyl sites for hydroxylation is 2. The van der Waals surface area contributed by atoms with Gasteiger partial charge in [-0.05, 0) is 44.6 Å². The second kappa shape index (κ2) is 11.9. The summed E-state index contributed by atoms with van der Waals surface area (Å²) in [4.78, 5) is 4.60. The van der Waals surface area contributed by atoms with Crippen LogP contribution in [0.4, 0.5) is 0 Å². The molecule has 132 valence electrons. The number of hydrogen-bond acceptors (Lipinski definition) is 3. The molecule has 0 atom stereocenters. The average Bonchev–Trinajstić information content (AvgIpc) is 2.92. The van der Waals surface area contributed by atoms with Crippen molar-refractivity contribution < 1.29 is 4.74 Å². The molecule has 1 aromatic heterocycles. The molecule has 0 saturated carbocycles. The molecule has 1 heterocycles. The lowest BCUT2D eigenvalue weighted by Gasteiger charge is -2.12. The van der Waals surface area contributed by atoms with E-state index in [4.69, 9.17) is 4.74 Å². The van der Waals surface area contributed by atoms with Gasteiger partial charge in [0.05, 0.1) is 12.8 Å². The Morgan fingerprint density at radius 3 is 2.83 bits per heavy atom. The monoisotopic (exact) mass is 323 g/mol. The number of nitrogens with one attached hydrogen (secondary N) is 3. The average molecular weight is 323 g/mol. The summed E-state index contributed by atoms with van der Waals surface area (Å²) in [5.41, 5.74) is 2.43. The Balaban J connectivity index is 2.18. The molecule has 0 aromatic carbocycles. The Morgan fingerprint density at radius 2 is 2.17 bits per heavy atom. The van der Waals surface area contributed by atoms with E-state index in [2.05, 4.69) is 53.5 Å². The van der Waals surface area contributed by atoms with Crippen LogP contribution < -0.4 is 10.6 Å². The lowest BCUT2D eigenvalue weighted by Crippen LogP contribution is -2.39. The molecule has 1 aromatic rings. The largest absolute Gasteiger partial charge is 0.380 e. The van der Waals surface area contributed by atoms with Crippen molar-refractivity contribution in [2.24, 2.45) is 10.9 Å². The van der Waals surface area contributed by atoms with Crippen LogP contribution >= 0.6 is 0 Å². The fraction of sp³-hybridized carbons (Fsp3) is 0.765. The van der Waals surface area contributed by atoms with Gasteiger partial charge in [-0.25, -0.2) is 0 Å². The molecule has 0 radical (unpaired) electrons. The molecule has 3 N–H and O–H groups in total. The summed E-state index contributed by atoms with van der Waals surface area (Å²) in [6.45, 7) is 12.5. The fourth-order valence-corrected chi connectivity index (χ4v) is 2.09. The summed E-state index contributed by atoms with van der Waals surface area (Å²) in [5.74, 6) is 1.56. The first-order valence-electron chi connectivity index (χ1n) is 8.72. The van der Waals surface area contributed by atoms with Crippen molar-refractivity contribution in [2.75, 3.05) is 32.8 Å². The standard InChI is InChI=1S/C17H33N5O/c1-5-18-17(20-10-12-23-11-8-14(2)3)19-9-6-7-16-13-21-22-15(16)4/h13-14H,5-12H2,1-4H3,(H,21,22)(H2,18,19,20). The zero-order valence-electron chi connectivity index (χ0n) is 15.1. The van der Waals surface area contributed by atoms with Crippen LogP contribution in [0.2, 0.25) is 0 Å². The van der Waals surface area contributed by atoms with Gasteiger partial charge >= 0.3 is 0 Å². The van der Waals surface area contributed by atoms with E-state index < -0.39 is 0 Å². The Morgan fingerprint density at radius 1 is 1.35 bits per heavy atom. The highest BCUT2D eigenvalue weighted by Crippen LogP contribution is 2.05. The lowest BCUT2D eigenvalue weighted by atomic mass is 10.1. The van der Waals surface area contributed by atoms with Crippen molar-refractivity contribution in [3.8, 4) is 0 Å². The van der Waals surface area contributed by atoms with E-state index in [1.54, 1.807) is 0 Å². The number of ether oxygens (including phenoxy) is 1. The van der Waals surface area contributed by atoms with Crippen molar-refractivity contribution in [3.63, 3.8) is 0 Å². The van der Waals surface area contributed by atoms with E-state index in [1.165, 1.54) is 5.56 Å². The van der Waals surface area contributed by atoms with Crippen LogP contribution in [0.5, 0.6) is 0 Å². The van der Waals surface area contributed by atoms with Gasteiger partial charge in [-0.3, -0.25) is 10.1 Å². The van der Waals surface area contributed by atoms with Gasteiger partial charge in [-0.1, -0.05) is 13.8 Å². The Hall–Kier alpha value is -1.56. The summed E-state index contributed by atoms with van der Waals surface area (Å²) in [6, 6.07) is 0. The smallest absolute Gasteiger partial charge is 0.191 e. The maximum atomic E-state index is 5.61. The minimum Gasteiger partial charge on any atom is -0.380 e. The Labute approximate surface area is 140 Å². The second-order valence-electron chi connectivity index (χ2n) is 6.11. The maximum absolute atomic E-state index is 5.61. The van der Waals surface area contributed by atoms with Crippen LogP contribution in [-0.2, 0) is 11.2 Å². The van der Waals surface area contributed by atoms with Crippen molar-refractivity contribution >= 4 is 5.96 Å². The minimum absolute atomic E-state index is 0.695. The predicted molar refractivity (Wildman–Crippen MR) is 95.9 cm³/mol. The third-order valence-corrected chi connectivity index (χ3v) is 3.53. The molecule has 0 unspecified atom stereocenters. The first kappa shape index (κ1) is 19.5. The summed E-state index contributed by atoms with van der Waals surface area (Å²) in [5, 5.41) is 13.6. The van der Waals surface area contributed by atoms with Gasteiger partial charge in [0.1, 0.15) is 0 Å². The van der Waals surface area contributed by atoms with Crippen LogP contribution in [0.15, 0.2) is 11.2 Å². The van der Waals surface area contributed by atoms with Gasteiger partial charge in [-0.2, -0.15) is 5.10 Å². The molecule has 6 nitrogen and oxygen atoms in total. The summed E-state index contributed by atoms with van der Waals surface area (Å²) in [6.07, 6.45) is 5.03. The number of nitrogens with zero attached hydrogens (tertiary/aromatic N) is 2. The first-order valence-corrected chi connectivity index (χ1v) is 8.72. The fourth-order valence-electron chi connectivity index (χ4n) is 2.09. The number of aliphatic imine (C=N–C) groups is 1. The summed E-state index contributed by atoms with van der Waals surface area (Å²) in [7, 11) is 0. The van der Waals surface area contributed by atoms with E-state index >= 15 is 0 Å². The lowest BCUT2D eigenvalue weighted by molar-refractivity contribution is 0.128. The highest BCUT2D eigenvalue weighted by molar-refractivity contribution is 5.79. The van der Waals surface area contributed by atoms with Gasteiger partial charge in [0, 0.05) is 31.9 Å². The predicted octanol–water partition coefficient (Wildman–Crippen LogP) is 2.27. The molecule has 0 fully saturated rings. The Bertz CT molecular complexity index is 442. The highest BCUT2D eigenvalue weighted by atomic mass is 16.5. The van der Waals surface area contributed by atoms with E-state index in [0.717, 1.165) is 57.2 Å². The van der Waals surface area contributed by atoms with Gasteiger partial charge in [0.15, 0.2) is 5.96 Å².